The molecule has 0 saturated heterocycles. The summed E-state index contributed by atoms with van der Waals surface area (Å²) in [7, 11) is -3.68. The minimum atomic E-state index is -3.68. The molecule has 0 bridgehead atoms. The molecule has 3 amide bonds. The van der Waals surface area contributed by atoms with Crippen molar-refractivity contribution in [1.29, 1.82) is 5.26 Å². The van der Waals surface area contributed by atoms with Crippen molar-refractivity contribution >= 4 is 27.6 Å². The summed E-state index contributed by atoms with van der Waals surface area (Å²) in [6, 6.07) is 6.62. The maximum atomic E-state index is 12.2. The van der Waals surface area contributed by atoms with Gasteiger partial charge in [-0.1, -0.05) is 13.0 Å². The molecule has 1 atom stereocenters. The lowest BCUT2D eigenvalue weighted by Gasteiger charge is -2.13. The van der Waals surface area contributed by atoms with Crippen LogP contribution in [-0.2, 0) is 14.8 Å². The van der Waals surface area contributed by atoms with Gasteiger partial charge in [-0.05, 0) is 31.5 Å². The third-order valence-corrected chi connectivity index (χ3v) is 4.73. The zero-order chi connectivity index (χ0) is 18.9. The minimum absolute atomic E-state index is 0.0253. The van der Waals surface area contributed by atoms with E-state index in [1.54, 1.807) is 13.0 Å². The van der Waals surface area contributed by atoms with Gasteiger partial charge in [-0.2, -0.15) is 5.26 Å². The molecule has 4 N–H and O–H groups in total. The number of nitrogens with zero attached hydrogens (tertiary/aromatic N) is 1. The number of nitrogens with one attached hydrogen (secondary N) is 4. The Bertz CT molecular complexity index is 757. The second-order valence-corrected chi connectivity index (χ2v) is 6.91. The predicted molar refractivity (Wildman–Crippen MR) is 92.2 cm³/mol. The van der Waals surface area contributed by atoms with E-state index in [0.717, 1.165) is 0 Å². The Hall–Kier alpha value is -2.64. The standard InChI is InChI=1S/C15H21N5O4S/c1-3-11(2)20-25(23,24)13-6-4-5-12(9-13)19-15(22)18-10-14(21)17-8-7-16/h4-6,9,11,20H,3,8,10H2,1-2H3,(H,17,21)(H2,18,19,22). The highest BCUT2D eigenvalue weighted by Crippen LogP contribution is 2.16. The number of anilines is 1. The molecule has 10 heteroatoms. The van der Waals surface area contributed by atoms with Crippen molar-refractivity contribution in [2.75, 3.05) is 18.4 Å². The van der Waals surface area contributed by atoms with E-state index in [2.05, 4.69) is 20.7 Å². The molecule has 1 rings (SSSR count). The average molecular weight is 367 g/mol. The fourth-order valence-electron chi connectivity index (χ4n) is 1.69. The van der Waals surface area contributed by atoms with E-state index in [0.29, 0.717) is 6.42 Å². The van der Waals surface area contributed by atoms with Gasteiger partial charge in [-0.3, -0.25) is 4.79 Å². The highest BCUT2D eigenvalue weighted by Gasteiger charge is 2.17. The Morgan fingerprint density at radius 2 is 2.00 bits per heavy atom. The van der Waals surface area contributed by atoms with Gasteiger partial charge >= 0.3 is 6.03 Å². The van der Waals surface area contributed by atoms with Gasteiger partial charge in [0.05, 0.1) is 17.5 Å². The van der Waals surface area contributed by atoms with Crippen LogP contribution in [0, 0.1) is 11.3 Å². The van der Waals surface area contributed by atoms with Crippen molar-refractivity contribution in [3.63, 3.8) is 0 Å². The molecule has 9 nitrogen and oxygen atoms in total. The highest BCUT2D eigenvalue weighted by molar-refractivity contribution is 7.89. The number of hydrogen-bond donors (Lipinski definition) is 4. The molecular weight excluding hydrogens is 346 g/mol. The summed E-state index contributed by atoms with van der Waals surface area (Å²) in [6.45, 7) is 3.17. The fraction of sp³-hybridized carbons (Fsp3) is 0.400. The smallest absolute Gasteiger partial charge is 0.319 e. The Balaban J connectivity index is 2.68. The SMILES string of the molecule is CCC(C)NS(=O)(=O)c1cccc(NC(=O)NCC(=O)NCC#N)c1. The predicted octanol–water partition coefficient (Wildman–Crippen LogP) is 0.525. The first-order valence-electron chi connectivity index (χ1n) is 7.59. The zero-order valence-corrected chi connectivity index (χ0v) is 14.8. The number of amides is 3. The van der Waals surface area contributed by atoms with E-state index in [4.69, 9.17) is 5.26 Å². The first-order chi connectivity index (χ1) is 11.8. The monoisotopic (exact) mass is 367 g/mol. The van der Waals surface area contributed by atoms with Gasteiger partial charge in [-0.15, -0.1) is 0 Å². The summed E-state index contributed by atoms with van der Waals surface area (Å²) in [5.74, 6) is -0.509. The van der Waals surface area contributed by atoms with Gasteiger partial charge in [0.1, 0.15) is 6.54 Å². The summed E-state index contributed by atoms with van der Waals surface area (Å²) >= 11 is 0. The van der Waals surface area contributed by atoms with Crippen molar-refractivity contribution in [2.24, 2.45) is 0 Å². The van der Waals surface area contributed by atoms with Crippen LogP contribution in [0.3, 0.4) is 0 Å². The molecule has 1 aromatic rings. The topological polar surface area (TPSA) is 140 Å². The lowest BCUT2D eigenvalue weighted by molar-refractivity contribution is -0.119. The third-order valence-electron chi connectivity index (χ3n) is 3.15. The van der Waals surface area contributed by atoms with Crippen LogP contribution in [0.15, 0.2) is 29.2 Å². The Morgan fingerprint density at radius 1 is 1.28 bits per heavy atom. The van der Waals surface area contributed by atoms with Gasteiger partial charge in [0.2, 0.25) is 15.9 Å². The van der Waals surface area contributed by atoms with E-state index in [1.165, 1.54) is 24.3 Å². The zero-order valence-electron chi connectivity index (χ0n) is 14.0. The highest BCUT2D eigenvalue weighted by atomic mass is 32.2. The van der Waals surface area contributed by atoms with Gasteiger partial charge < -0.3 is 16.0 Å². The maximum absolute atomic E-state index is 12.2. The molecule has 25 heavy (non-hydrogen) atoms. The Morgan fingerprint density at radius 3 is 2.64 bits per heavy atom. The molecule has 0 radical (unpaired) electrons. The molecule has 0 saturated carbocycles. The number of urea groups is 1. The average Bonchev–Trinajstić information content (AvgIpc) is 2.57. The van der Waals surface area contributed by atoms with Crippen LogP contribution in [0.1, 0.15) is 20.3 Å². The number of nitriles is 1. The van der Waals surface area contributed by atoms with Crippen LogP contribution in [0.4, 0.5) is 10.5 Å². The molecule has 0 fully saturated rings. The number of benzene rings is 1. The van der Waals surface area contributed by atoms with Crippen LogP contribution in [-0.4, -0.2) is 39.5 Å². The number of sulfonamides is 1. The van der Waals surface area contributed by atoms with Gasteiger partial charge in [-0.25, -0.2) is 17.9 Å². The summed E-state index contributed by atoms with van der Waals surface area (Å²) < 4.78 is 27.0. The number of rotatable bonds is 8. The molecule has 136 valence electrons. The van der Waals surface area contributed by atoms with E-state index >= 15 is 0 Å². The van der Waals surface area contributed by atoms with Crippen molar-refractivity contribution in [3.8, 4) is 6.07 Å². The van der Waals surface area contributed by atoms with Crippen LogP contribution >= 0.6 is 0 Å². The van der Waals surface area contributed by atoms with Crippen molar-refractivity contribution in [1.82, 2.24) is 15.4 Å². The molecule has 0 aliphatic heterocycles. The minimum Gasteiger partial charge on any atom is -0.341 e. The summed E-state index contributed by atoms with van der Waals surface area (Å²) in [4.78, 5) is 23.1. The largest absolute Gasteiger partial charge is 0.341 e. The summed E-state index contributed by atoms with van der Waals surface area (Å²) in [6.07, 6.45) is 0.646. The molecule has 0 aromatic heterocycles. The number of carbonyl (C=O) groups is 2. The summed E-state index contributed by atoms with van der Waals surface area (Å²) in [5, 5.41) is 15.4. The van der Waals surface area contributed by atoms with Gasteiger partial charge in [0.15, 0.2) is 0 Å². The molecular formula is C15H21N5O4S. The van der Waals surface area contributed by atoms with Crippen LogP contribution in [0.2, 0.25) is 0 Å². The Labute approximate surface area is 146 Å². The van der Waals surface area contributed by atoms with E-state index in [9.17, 15) is 18.0 Å². The van der Waals surface area contributed by atoms with Crippen molar-refractivity contribution in [3.05, 3.63) is 24.3 Å². The second kappa shape index (κ2) is 9.61. The first kappa shape index (κ1) is 20.4. The quantitative estimate of drug-likeness (QED) is 0.496. The van der Waals surface area contributed by atoms with E-state index < -0.39 is 22.0 Å². The molecule has 0 aliphatic carbocycles. The molecule has 0 spiro atoms. The number of carbonyl (C=O) groups excluding carboxylic acids is 2. The lowest BCUT2D eigenvalue weighted by atomic mass is 10.3. The van der Waals surface area contributed by atoms with Gasteiger partial charge in [0.25, 0.3) is 0 Å². The molecule has 0 aliphatic rings. The second-order valence-electron chi connectivity index (χ2n) is 5.20. The van der Waals surface area contributed by atoms with Crippen LogP contribution in [0.25, 0.3) is 0 Å². The Kier molecular flexibility index (Phi) is 7.84. The van der Waals surface area contributed by atoms with Gasteiger partial charge in [0, 0.05) is 11.7 Å². The molecule has 1 unspecified atom stereocenters. The van der Waals surface area contributed by atoms with Crippen LogP contribution in [0.5, 0.6) is 0 Å². The number of hydrogen-bond acceptors (Lipinski definition) is 5. The fourth-order valence-corrected chi connectivity index (χ4v) is 3.07. The van der Waals surface area contributed by atoms with Crippen molar-refractivity contribution < 1.29 is 18.0 Å². The summed E-state index contributed by atoms with van der Waals surface area (Å²) in [5.41, 5.74) is 0.266. The third kappa shape index (κ3) is 7.19. The van der Waals surface area contributed by atoms with E-state index in [1.807, 2.05) is 6.92 Å². The lowest BCUT2D eigenvalue weighted by Crippen LogP contribution is -2.39. The van der Waals surface area contributed by atoms with E-state index in [-0.39, 0.29) is 29.7 Å². The normalized spacial score (nSPS) is 11.9. The molecule has 0 heterocycles. The van der Waals surface area contributed by atoms with Crippen LogP contribution < -0.4 is 20.7 Å². The first-order valence-corrected chi connectivity index (χ1v) is 9.07. The molecule has 1 aromatic carbocycles. The van der Waals surface area contributed by atoms with Crippen molar-refractivity contribution in [2.45, 2.75) is 31.2 Å². The maximum Gasteiger partial charge on any atom is 0.319 e.